The fourth-order valence-corrected chi connectivity index (χ4v) is 1.41. The number of aliphatic hydroxyl groups is 1. The summed E-state index contributed by atoms with van der Waals surface area (Å²) < 4.78 is 10.6. The molecule has 0 aliphatic heterocycles. The Balaban J connectivity index is 1.97. The molecule has 96 valence electrons. The molecule has 0 aromatic carbocycles. The Morgan fingerprint density at radius 3 is 2.62 bits per heavy atom. The Morgan fingerprint density at radius 2 is 2.06 bits per heavy atom. The lowest BCUT2D eigenvalue weighted by atomic mass is 10.2. The second kappa shape index (κ2) is 7.22. The molecule has 0 heterocycles. The highest BCUT2D eigenvalue weighted by Gasteiger charge is 2.21. The molecule has 1 aliphatic carbocycles. The summed E-state index contributed by atoms with van der Waals surface area (Å²) in [5.41, 5.74) is 0. The van der Waals surface area contributed by atoms with Crippen LogP contribution in [-0.2, 0) is 9.47 Å². The third-order valence-corrected chi connectivity index (χ3v) is 3.11. The minimum absolute atomic E-state index is 0.152. The van der Waals surface area contributed by atoms with Crippen LogP contribution in [0.5, 0.6) is 0 Å². The van der Waals surface area contributed by atoms with Crippen molar-refractivity contribution in [1.82, 2.24) is 5.32 Å². The van der Waals surface area contributed by atoms with Crippen LogP contribution in [0.15, 0.2) is 0 Å². The largest absolute Gasteiger partial charge is 0.389 e. The monoisotopic (exact) mass is 231 g/mol. The second-order valence-electron chi connectivity index (χ2n) is 4.77. The molecular formula is C12H25NO3. The number of hydrogen-bond acceptors (Lipinski definition) is 4. The van der Waals surface area contributed by atoms with Gasteiger partial charge in [0.05, 0.1) is 18.8 Å². The Labute approximate surface area is 98.3 Å². The molecule has 0 radical (unpaired) electrons. The van der Waals surface area contributed by atoms with Crippen LogP contribution in [0.25, 0.3) is 0 Å². The molecule has 1 saturated carbocycles. The van der Waals surface area contributed by atoms with Gasteiger partial charge in [0.25, 0.3) is 0 Å². The topological polar surface area (TPSA) is 50.7 Å². The minimum atomic E-state index is -0.426. The van der Waals surface area contributed by atoms with Crippen LogP contribution in [0, 0.1) is 5.92 Å². The van der Waals surface area contributed by atoms with Gasteiger partial charge < -0.3 is 19.9 Å². The molecule has 2 N–H and O–H groups in total. The second-order valence-corrected chi connectivity index (χ2v) is 4.77. The lowest BCUT2D eigenvalue weighted by Crippen LogP contribution is -2.42. The summed E-state index contributed by atoms with van der Waals surface area (Å²) in [6, 6.07) is 0.239. The van der Waals surface area contributed by atoms with Crippen LogP contribution in [0.4, 0.5) is 0 Å². The molecule has 3 unspecified atom stereocenters. The van der Waals surface area contributed by atoms with E-state index >= 15 is 0 Å². The van der Waals surface area contributed by atoms with Crippen molar-refractivity contribution in [2.75, 3.05) is 26.9 Å². The summed E-state index contributed by atoms with van der Waals surface area (Å²) in [6.45, 7) is 5.85. The summed E-state index contributed by atoms with van der Waals surface area (Å²) >= 11 is 0. The number of hydrogen-bond donors (Lipinski definition) is 2. The highest BCUT2D eigenvalue weighted by atomic mass is 16.5. The molecule has 4 heteroatoms. The molecular weight excluding hydrogens is 206 g/mol. The summed E-state index contributed by atoms with van der Waals surface area (Å²) in [6.07, 6.45) is 2.30. The Hall–Kier alpha value is -0.160. The maximum Gasteiger partial charge on any atom is 0.0897 e. The Kier molecular flexibility index (Phi) is 6.28. The molecule has 0 aromatic rings. The van der Waals surface area contributed by atoms with Crippen LogP contribution >= 0.6 is 0 Å². The van der Waals surface area contributed by atoms with Crippen molar-refractivity contribution in [3.8, 4) is 0 Å². The summed E-state index contributed by atoms with van der Waals surface area (Å²) in [4.78, 5) is 0. The van der Waals surface area contributed by atoms with Crippen LogP contribution in [0.1, 0.15) is 26.7 Å². The van der Waals surface area contributed by atoms with Gasteiger partial charge in [0, 0.05) is 26.3 Å². The van der Waals surface area contributed by atoms with E-state index in [9.17, 15) is 5.11 Å². The third-order valence-electron chi connectivity index (χ3n) is 3.11. The molecule has 1 fully saturated rings. The lowest BCUT2D eigenvalue weighted by Gasteiger charge is -2.21. The molecule has 0 spiro atoms. The first-order valence-electron chi connectivity index (χ1n) is 6.15. The first kappa shape index (κ1) is 13.9. The number of methoxy groups -OCH3 is 1. The maximum atomic E-state index is 9.66. The zero-order valence-corrected chi connectivity index (χ0v) is 10.6. The molecule has 1 aliphatic rings. The van der Waals surface area contributed by atoms with E-state index < -0.39 is 6.10 Å². The van der Waals surface area contributed by atoms with Crippen molar-refractivity contribution in [2.24, 2.45) is 5.92 Å². The van der Waals surface area contributed by atoms with Gasteiger partial charge in [0.2, 0.25) is 0 Å². The van der Waals surface area contributed by atoms with Gasteiger partial charge in [-0.3, -0.25) is 0 Å². The highest BCUT2D eigenvalue weighted by Crippen LogP contribution is 2.28. The van der Waals surface area contributed by atoms with Crippen molar-refractivity contribution >= 4 is 0 Å². The number of aliphatic hydroxyl groups excluding tert-OH is 1. The summed E-state index contributed by atoms with van der Waals surface area (Å²) in [7, 11) is 1.69. The summed E-state index contributed by atoms with van der Waals surface area (Å²) in [5, 5.41) is 12.9. The van der Waals surface area contributed by atoms with Gasteiger partial charge in [-0.2, -0.15) is 0 Å². The van der Waals surface area contributed by atoms with E-state index in [0.29, 0.717) is 13.2 Å². The van der Waals surface area contributed by atoms with Crippen LogP contribution in [0.3, 0.4) is 0 Å². The first-order chi connectivity index (χ1) is 7.63. The van der Waals surface area contributed by atoms with E-state index in [2.05, 4.69) is 5.32 Å². The SMILES string of the molecule is COC(C)C(C)NCC(O)COCC1CC1. The normalized spacial score (nSPS) is 21.8. The molecule has 0 bridgehead atoms. The fraction of sp³-hybridized carbons (Fsp3) is 1.00. The van der Waals surface area contributed by atoms with Crippen molar-refractivity contribution < 1.29 is 14.6 Å². The van der Waals surface area contributed by atoms with Crippen molar-refractivity contribution in [1.29, 1.82) is 0 Å². The van der Waals surface area contributed by atoms with E-state index in [-0.39, 0.29) is 12.1 Å². The van der Waals surface area contributed by atoms with Gasteiger partial charge in [0.15, 0.2) is 0 Å². The Bertz CT molecular complexity index is 185. The number of ether oxygens (including phenoxy) is 2. The quantitative estimate of drug-likeness (QED) is 0.616. The van der Waals surface area contributed by atoms with E-state index in [1.54, 1.807) is 7.11 Å². The van der Waals surface area contributed by atoms with Crippen molar-refractivity contribution in [2.45, 2.75) is 44.9 Å². The lowest BCUT2D eigenvalue weighted by molar-refractivity contribution is 0.0259. The average Bonchev–Trinajstić information content (AvgIpc) is 3.08. The maximum absolute atomic E-state index is 9.66. The van der Waals surface area contributed by atoms with Gasteiger partial charge in [-0.15, -0.1) is 0 Å². The molecule has 0 saturated heterocycles. The zero-order valence-electron chi connectivity index (χ0n) is 10.6. The zero-order chi connectivity index (χ0) is 12.0. The third kappa shape index (κ3) is 5.80. The van der Waals surface area contributed by atoms with Crippen molar-refractivity contribution in [3.05, 3.63) is 0 Å². The van der Waals surface area contributed by atoms with Gasteiger partial charge in [-0.25, -0.2) is 0 Å². The number of nitrogens with one attached hydrogen (secondary N) is 1. The first-order valence-corrected chi connectivity index (χ1v) is 6.15. The van der Waals surface area contributed by atoms with Crippen molar-refractivity contribution in [3.63, 3.8) is 0 Å². The molecule has 16 heavy (non-hydrogen) atoms. The van der Waals surface area contributed by atoms with Gasteiger partial charge in [-0.1, -0.05) is 0 Å². The van der Waals surface area contributed by atoms with E-state index in [4.69, 9.17) is 9.47 Å². The van der Waals surface area contributed by atoms with E-state index in [0.717, 1.165) is 12.5 Å². The van der Waals surface area contributed by atoms with Gasteiger partial charge >= 0.3 is 0 Å². The average molecular weight is 231 g/mol. The van der Waals surface area contributed by atoms with E-state index in [1.165, 1.54) is 12.8 Å². The summed E-state index contributed by atoms with van der Waals surface area (Å²) in [5.74, 6) is 0.757. The predicted octanol–water partition coefficient (Wildman–Crippen LogP) is 0.787. The molecule has 0 aromatic heterocycles. The standard InChI is InChI=1S/C12H25NO3/c1-9(10(2)15-3)13-6-12(14)8-16-7-11-4-5-11/h9-14H,4-8H2,1-3H3. The minimum Gasteiger partial charge on any atom is -0.389 e. The Morgan fingerprint density at radius 1 is 1.38 bits per heavy atom. The number of rotatable bonds is 9. The van der Waals surface area contributed by atoms with Gasteiger partial charge in [-0.05, 0) is 32.6 Å². The molecule has 1 rings (SSSR count). The highest BCUT2D eigenvalue weighted by molar-refractivity contribution is 4.73. The van der Waals surface area contributed by atoms with Crippen LogP contribution < -0.4 is 5.32 Å². The predicted molar refractivity (Wildman–Crippen MR) is 63.5 cm³/mol. The fourth-order valence-electron chi connectivity index (χ4n) is 1.41. The van der Waals surface area contributed by atoms with Crippen LogP contribution in [-0.4, -0.2) is 50.2 Å². The molecule has 4 nitrogen and oxygen atoms in total. The van der Waals surface area contributed by atoms with E-state index in [1.807, 2.05) is 13.8 Å². The molecule has 0 amide bonds. The van der Waals surface area contributed by atoms with Gasteiger partial charge in [0.1, 0.15) is 0 Å². The van der Waals surface area contributed by atoms with Crippen LogP contribution in [0.2, 0.25) is 0 Å². The molecule has 3 atom stereocenters. The smallest absolute Gasteiger partial charge is 0.0897 e.